The molecule has 0 radical (unpaired) electrons. The number of nitrogens with one attached hydrogen (secondary N) is 1. The van der Waals surface area contributed by atoms with Gasteiger partial charge in [0.15, 0.2) is 0 Å². The molecule has 0 heterocycles. The summed E-state index contributed by atoms with van der Waals surface area (Å²) in [4.78, 5) is 10.8. The lowest BCUT2D eigenvalue weighted by Gasteiger charge is -2.03. The second kappa shape index (κ2) is 5.87. The lowest BCUT2D eigenvalue weighted by Crippen LogP contribution is -2.06. The minimum absolute atomic E-state index is 0.00384. The number of benzene rings is 1. The Morgan fingerprint density at radius 3 is 2.88 bits per heavy atom. The summed E-state index contributed by atoms with van der Waals surface area (Å²) in [5.41, 5.74) is 5.54. The van der Waals surface area contributed by atoms with E-state index in [4.69, 9.17) is 10.8 Å². The van der Waals surface area contributed by atoms with Crippen LogP contribution >= 0.6 is 0 Å². The molecule has 0 atom stereocenters. The molecular weight excluding hydrogens is 223 g/mol. The highest BCUT2D eigenvalue weighted by Crippen LogP contribution is 2.19. The SMILES string of the molecule is CNCCC#Cc1cc(F)cc(C(=O)O)c1N. The number of carboxylic acids is 1. The van der Waals surface area contributed by atoms with Crippen molar-refractivity contribution in [2.45, 2.75) is 6.42 Å². The number of anilines is 1. The summed E-state index contributed by atoms with van der Waals surface area (Å²) in [6, 6.07) is 2.02. The van der Waals surface area contributed by atoms with E-state index in [0.717, 1.165) is 12.1 Å². The van der Waals surface area contributed by atoms with Crippen LogP contribution in [0.1, 0.15) is 22.3 Å². The predicted molar refractivity (Wildman–Crippen MR) is 63.2 cm³/mol. The average Bonchev–Trinajstić information content (AvgIpc) is 2.28. The minimum atomic E-state index is -1.26. The van der Waals surface area contributed by atoms with Crippen LogP contribution in [-0.2, 0) is 0 Å². The molecule has 5 heteroatoms. The molecule has 0 amide bonds. The molecule has 0 saturated heterocycles. The fraction of sp³-hybridized carbons (Fsp3) is 0.250. The molecule has 0 aromatic heterocycles. The van der Waals surface area contributed by atoms with E-state index in [2.05, 4.69) is 17.2 Å². The van der Waals surface area contributed by atoms with E-state index in [0.29, 0.717) is 13.0 Å². The molecule has 1 aromatic rings. The van der Waals surface area contributed by atoms with Gasteiger partial charge in [-0.1, -0.05) is 11.8 Å². The lowest BCUT2D eigenvalue weighted by molar-refractivity contribution is 0.0697. The largest absolute Gasteiger partial charge is 0.478 e. The van der Waals surface area contributed by atoms with Gasteiger partial charge in [-0.05, 0) is 19.2 Å². The van der Waals surface area contributed by atoms with Crippen molar-refractivity contribution in [2.24, 2.45) is 0 Å². The van der Waals surface area contributed by atoms with Crippen LogP contribution in [0.2, 0.25) is 0 Å². The smallest absolute Gasteiger partial charge is 0.337 e. The fourth-order valence-electron chi connectivity index (χ4n) is 1.24. The molecule has 0 aliphatic heterocycles. The summed E-state index contributed by atoms with van der Waals surface area (Å²) in [5.74, 6) is 3.53. The maximum Gasteiger partial charge on any atom is 0.337 e. The number of halogens is 1. The van der Waals surface area contributed by atoms with Crippen molar-refractivity contribution in [2.75, 3.05) is 19.3 Å². The molecule has 0 aliphatic carbocycles. The number of carboxylic acid groups (broad SMARTS) is 1. The van der Waals surface area contributed by atoms with E-state index in [1.54, 1.807) is 7.05 Å². The number of hydrogen-bond donors (Lipinski definition) is 3. The molecule has 0 saturated carbocycles. The van der Waals surface area contributed by atoms with Gasteiger partial charge in [-0.3, -0.25) is 0 Å². The third kappa shape index (κ3) is 3.47. The monoisotopic (exact) mass is 236 g/mol. The number of rotatable bonds is 3. The summed E-state index contributed by atoms with van der Waals surface area (Å²) >= 11 is 0. The Labute approximate surface area is 98.6 Å². The third-order valence-electron chi connectivity index (χ3n) is 2.10. The quantitative estimate of drug-likeness (QED) is 0.417. The Balaban J connectivity index is 3.06. The lowest BCUT2D eigenvalue weighted by atomic mass is 10.1. The highest BCUT2D eigenvalue weighted by atomic mass is 19.1. The third-order valence-corrected chi connectivity index (χ3v) is 2.10. The zero-order valence-corrected chi connectivity index (χ0v) is 9.38. The standard InChI is InChI=1S/C12H13FN2O2/c1-15-5-3-2-4-8-6-9(13)7-10(11(8)14)12(16)17/h6-7,15H,3,5,14H2,1H3,(H,16,17). The van der Waals surface area contributed by atoms with Crippen LogP contribution in [0.3, 0.4) is 0 Å². The highest BCUT2D eigenvalue weighted by molar-refractivity contribution is 5.95. The van der Waals surface area contributed by atoms with Crippen LogP contribution in [0.5, 0.6) is 0 Å². The molecule has 0 bridgehead atoms. The number of aromatic carboxylic acids is 1. The molecule has 1 aromatic carbocycles. The molecule has 1 rings (SSSR count). The van der Waals surface area contributed by atoms with Crippen LogP contribution in [0.15, 0.2) is 12.1 Å². The predicted octanol–water partition coefficient (Wildman–Crippen LogP) is 1.07. The number of hydrogen-bond acceptors (Lipinski definition) is 3. The molecule has 4 nitrogen and oxygen atoms in total. The Hall–Kier alpha value is -2.06. The summed E-state index contributed by atoms with van der Waals surface area (Å²) in [6.45, 7) is 0.702. The zero-order chi connectivity index (χ0) is 12.8. The first-order valence-corrected chi connectivity index (χ1v) is 5.02. The van der Waals surface area contributed by atoms with Crippen molar-refractivity contribution in [3.05, 3.63) is 29.1 Å². The van der Waals surface area contributed by atoms with Crippen LogP contribution in [0, 0.1) is 17.7 Å². The Morgan fingerprint density at radius 2 is 2.29 bits per heavy atom. The number of nitrogens with two attached hydrogens (primary N) is 1. The van der Waals surface area contributed by atoms with Crippen molar-refractivity contribution in [3.63, 3.8) is 0 Å². The molecule has 0 aliphatic rings. The van der Waals surface area contributed by atoms with E-state index in [1.807, 2.05) is 0 Å². The van der Waals surface area contributed by atoms with Crippen LogP contribution in [0.25, 0.3) is 0 Å². The van der Waals surface area contributed by atoms with Gasteiger partial charge in [-0.25, -0.2) is 9.18 Å². The van der Waals surface area contributed by atoms with Gasteiger partial charge in [0.25, 0.3) is 0 Å². The van der Waals surface area contributed by atoms with Crippen molar-refractivity contribution in [3.8, 4) is 11.8 Å². The maximum atomic E-state index is 13.1. The normalized spacial score (nSPS) is 9.53. The fourth-order valence-corrected chi connectivity index (χ4v) is 1.24. The van der Waals surface area contributed by atoms with Gasteiger partial charge in [0.05, 0.1) is 16.8 Å². The van der Waals surface area contributed by atoms with Crippen molar-refractivity contribution < 1.29 is 14.3 Å². The molecule has 0 unspecified atom stereocenters. The average molecular weight is 236 g/mol. The van der Waals surface area contributed by atoms with E-state index < -0.39 is 11.8 Å². The molecule has 0 fully saturated rings. The topological polar surface area (TPSA) is 75.3 Å². The summed E-state index contributed by atoms with van der Waals surface area (Å²) in [5, 5.41) is 11.7. The minimum Gasteiger partial charge on any atom is -0.478 e. The van der Waals surface area contributed by atoms with E-state index in [1.165, 1.54) is 0 Å². The maximum absolute atomic E-state index is 13.1. The second-order valence-corrected chi connectivity index (χ2v) is 3.38. The Morgan fingerprint density at radius 1 is 1.59 bits per heavy atom. The first kappa shape index (κ1) is 13.0. The van der Waals surface area contributed by atoms with Gasteiger partial charge in [0.2, 0.25) is 0 Å². The zero-order valence-electron chi connectivity index (χ0n) is 9.38. The summed E-state index contributed by atoms with van der Waals surface area (Å²) in [6.07, 6.45) is 0.578. The van der Waals surface area contributed by atoms with Gasteiger partial charge in [-0.2, -0.15) is 0 Å². The first-order valence-electron chi connectivity index (χ1n) is 5.02. The highest BCUT2D eigenvalue weighted by Gasteiger charge is 2.12. The molecular formula is C12H13FN2O2. The van der Waals surface area contributed by atoms with Crippen molar-refractivity contribution in [1.82, 2.24) is 5.32 Å². The van der Waals surface area contributed by atoms with Gasteiger partial charge in [0.1, 0.15) is 5.82 Å². The summed E-state index contributed by atoms with van der Waals surface area (Å²) in [7, 11) is 1.79. The molecule has 0 spiro atoms. The summed E-state index contributed by atoms with van der Waals surface area (Å²) < 4.78 is 13.1. The Bertz CT molecular complexity index is 489. The number of nitrogen functional groups attached to an aromatic ring is 1. The van der Waals surface area contributed by atoms with Crippen LogP contribution < -0.4 is 11.1 Å². The van der Waals surface area contributed by atoms with Gasteiger partial charge < -0.3 is 16.2 Å². The molecule has 90 valence electrons. The van der Waals surface area contributed by atoms with E-state index in [-0.39, 0.29) is 16.8 Å². The Kier molecular flexibility index (Phi) is 4.49. The van der Waals surface area contributed by atoms with E-state index in [9.17, 15) is 9.18 Å². The molecule has 17 heavy (non-hydrogen) atoms. The van der Waals surface area contributed by atoms with Crippen LogP contribution in [0.4, 0.5) is 10.1 Å². The van der Waals surface area contributed by atoms with E-state index >= 15 is 0 Å². The van der Waals surface area contributed by atoms with Gasteiger partial charge in [-0.15, -0.1) is 0 Å². The molecule has 4 N–H and O–H groups in total. The van der Waals surface area contributed by atoms with Gasteiger partial charge in [0, 0.05) is 13.0 Å². The number of carbonyl (C=O) groups is 1. The van der Waals surface area contributed by atoms with Crippen molar-refractivity contribution >= 4 is 11.7 Å². The first-order chi connectivity index (χ1) is 8.06. The van der Waals surface area contributed by atoms with Gasteiger partial charge >= 0.3 is 5.97 Å². The van der Waals surface area contributed by atoms with Crippen LogP contribution in [-0.4, -0.2) is 24.7 Å². The van der Waals surface area contributed by atoms with Crippen molar-refractivity contribution in [1.29, 1.82) is 0 Å². The second-order valence-electron chi connectivity index (χ2n) is 3.38.